The van der Waals surface area contributed by atoms with Crippen molar-refractivity contribution in [2.75, 3.05) is 0 Å². The highest BCUT2D eigenvalue weighted by Crippen LogP contribution is 2.46. The Hall–Kier alpha value is -1.13. The Morgan fingerprint density at radius 2 is 2.26 bits per heavy atom. The minimum Gasteiger partial charge on any atom is -0.478 e. The van der Waals surface area contributed by atoms with Gasteiger partial charge in [0.15, 0.2) is 0 Å². The second-order valence-corrected chi connectivity index (χ2v) is 5.91. The highest BCUT2D eigenvalue weighted by Gasteiger charge is 2.57. The lowest BCUT2D eigenvalue weighted by molar-refractivity contribution is -0.133. The van der Waals surface area contributed by atoms with Crippen molar-refractivity contribution in [1.29, 1.82) is 0 Å². The number of allylic oxidation sites excluding steroid dienone is 2. The number of fused-ring (bicyclic) bond motifs is 1. The lowest BCUT2D eigenvalue weighted by Gasteiger charge is -2.24. The molecule has 0 radical (unpaired) electrons. The Morgan fingerprint density at radius 3 is 2.89 bits per heavy atom. The predicted octanol–water partition coefficient (Wildman–Crippen LogP) is 2.28. The fourth-order valence-corrected chi connectivity index (χ4v) is 2.90. The molecule has 0 aromatic rings. The molecule has 0 bridgehead atoms. The van der Waals surface area contributed by atoms with E-state index in [4.69, 9.17) is 9.84 Å². The van der Waals surface area contributed by atoms with Crippen molar-refractivity contribution in [3.63, 3.8) is 0 Å². The van der Waals surface area contributed by atoms with Gasteiger partial charge in [-0.15, -0.1) is 0 Å². The van der Waals surface area contributed by atoms with E-state index in [1.54, 1.807) is 0 Å². The molecule has 1 saturated heterocycles. The normalized spacial score (nSPS) is 41.6. The maximum atomic E-state index is 11.1. The summed E-state index contributed by atoms with van der Waals surface area (Å²) in [6, 6.07) is 0. The summed E-state index contributed by atoms with van der Waals surface area (Å²) in [7, 11) is 0. The predicted molar refractivity (Wildman–Crippen MR) is 71.8 cm³/mol. The molecule has 0 aromatic carbocycles. The molecule has 106 valence electrons. The number of carboxylic acids is 1. The molecular formula is C15H22O4. The minimum atomic E-state index is -1.04. The molecule has 2 rings (SSSR count). The number of epoxide rings is 1. The van der Waals surface area contributed by atoms with Crippen LogP contribution in [0.1, 0.15) is 39.5 Å². The molecule has 19 heavy (non-hydrogen) atoms. The zero-order valence-electron chi connectivity index (χ0n) is 11.6. The Labute approximate surface area is 113 Å². The second-order valence-electron chi connectivity index (χ2n) is 5.91. The van der Waals surface area contributed by atoms with Gasteiger partial charge in [0.05, 0.1) is 11.7 Å². The van der Waals surface area contributed by atoms with Crippen LogP contribution in [0, 0.1) is 5.92 Å². The number of ether oxygens (including phenoxy) is 1. The van der Waals surface area contributed by atoms with Crippen molar-refractivity contribution in [2.24, 2.45) is 5.92 Å². The van der Waals surface area contributed by atoms with E-state index in [0.717, 1.165) is 19.3 Å². The summed E-state index contributed by atoms with van der Waals surface area (Å²) in [5, 5.41) is 19.5. The summed E-state index contributed by atoms with van der Waals surface area (Å²) in [5.41, 5.74) is 1.00. The van der Waals surface area contributed by atoms with Crippen molar-refractivity contribution in [2.45, 2.75) is 57.3 Å². The van der Waals surface area contributed by atoms with Crippen LogP contribution in [0.2, 0.25) is 0 Å². The fourth-order valence-electron chi connectivity index (χ4n) is 2.90. The van der Waals surface area contributed by atoms with Crippen LogP contribution in [0.15, 0.2) is 23.8 Å². The molecule has 2 aliphatic rings. The van der Waals surface area contributed by atoms with Gasteiger partial charge in [0, 0.05) is 11.5 Å². The molecule has 1 fully saturated rings. The van der Waals surface area contributed by atoms with E-state index in [0.29, 0.717) is 6.42 Å². The lowest BCUT2D eigenvalue weighted by Crippen LogP contribution is -2.33. The molecule has 4 nitrogen and oxygen atoms in total. The Balaban J connectivity index is 2.21. The van der Waals surface area contributed by atoms with Gasteiger partial charge in [-0.1, -0.05) is 18.2 Å². The average molecular weight is 266 g/mol. The third kappa shape index (κ3) is 2.90. The third-order valence-electron chi connectivity index (χ3n) is 4.37. The average Bonchev–Trinajstić information content (AvgIpc) is 3.00. The first-order chi connectivity index (χ1) is 8.85. The van der Waals surface area contributed by atoms with E-state index in [-0.39, 0.29) is 17.3 Å². The maximum Gasteiger partial charge on any atom is 0.331 e. The number of rotatable bonds is 2. The van der Waals surface area contributed by atoms with Gasteiger partial charge in [-0.2, -0.15) is 0 Å². The lowest BCUT2D eigenvalue weighted by atomic mass is 9.82. The molecule has 0 unspecified atom stereocenters. The Bertz CT molecular complexity index is 426. The van der Waals surface area contributed by atoms with Crippen molar-refractivity contribution in [3.05, 3.63) is 23.8 Å². The number of hydrogen-bond donors (Lipinski definition) is 2. The van der Waals surface area contributed by atoms with E-state index in [1.807, 2.05) is 13.8 Å². The summed E-state index contributed by atoms with van der Waals surface area (Å²) >= 11 is 0. The van der Waals surface area contributed by atoms with E-state index in [1.165, 1.54) is 5.57 Å². The first kappa shape index (κ1) is 14.3. The Morgan fingerprint density at radius 1 is 1.58 bits per heavy atom. The van der Waals surface area contributed by atoms with Gasteiger partial charge in [0.25, 0.3) is 0 Å². The summed E-state index contributed by atoms with van der Waals surface area (Å²) in [6.07, 6.45) is 4.33. The van der Waals surface area contributed by atoms with Crippen LogP contribution in [0.3, 0.4) is 0 Å². The standard InChI is InChI=1S/C15H22O4/c1-9-5-4-8-15(3)13(19-15)12(16)11(7-6-9)10(2)14(17)18/h5,11-13,16H,2,4,6-8H2,1,3H3,(H,17,18)/b9-5-/t11-,12-,13+,15+/m0/s1. The quantitative estimate of drug-likeness (QED) is 0.457. The largest absolute Gasteiger partial charge is 0.478 e. The molecule has 1 heterocycles. The van der Waals surface area contributed by atoms with E-state index in [9.17, 15) is 9.90 Å². The SMILES string of the molecule is C=C(C(=O)O)[C@@H]1CC/C(C)=C\CC[C@@]2(C)O[C@@H]2[C@H]1O. The molecule has 0 saturated carbocycles. The van der Waals surface area contributed by atoms with Gasteiger partial charge >= 0.3 is 5.97 Å². The van der Waals surface area contributed by atoms with Crippen LogP contribution in [-0.2, 0) is 9.53 Å². The second kappa shape index (κ2) is 5.10. The van der Waals surface area contributed by atoms with Crippen molar-refractivity contribution in [3.8, 4) is 0 Å². The molecule has 1 aliphatic carbocycles. The zero-order valence-corrected chi connectivity index (χ0v) is 11.6. The summed E-state index contributed by atoms with van der Waals surface area (Å²) in [4.78, 5) is 11.1. The number of carbonyl (C=O) groups is 1. The summed E-state index contributed by atoms with van der Waals surface area (Å²) < 4.78 is 5.63. The molecule has 1 aliphatic heterocycles. The van der Waals surface area contributed by atoms with E-state index < -0.39 is 18.0 Å². The molecule has 4 atom stereocenters. The van der Waals surface area contributed by atoms with Gasteiger partial charge < -0.3 is 14.9 Å². The van der Waals surface area contributed by atoms with Crippen LogP contribution < -0.4 is 0 Å². The fraction of sp³-hybridized carbons (Fsp3) is 0.667. The summed E-state index contributed by atoms with van der Waals surface area (Å²) in [5.74, 6) is -1.48. The topological polar surface area (TPSA) is 70.1 Å². The van der Waals surface area contributed by atoms with Crippen molar-refractivity contribution < 1.29 is 19.7 Å². The number of aliphatic hydroxyl groups excluding tert-OH is 1. The first-order valence-corrected chi connectivity index (χ1v) is 6.79. The van der Waals surface area contributed by atoms with Gasteiger partial charge in [0.2, 0.25) is 0 Å². The molecular weight excluding hydrogens is 244 g/mol. The van der Waals surface area contributed by atoms with Gasteiger partial charge in [-0.25, -0.2) is 4.79 Å². The maximum absolute atomic E-state index is 11.1. The number of aliphatic hydroxyl groups is 1. The van der Waals surface area contributed by atoms with Crippen LogP contribution in [0.25, 0.3) is 0 Å². The molecule has 4 heteroatoms. The Kier molecular flexibility index (Phi) is 3.83. The zero-order chi connectivity index (χ0) is 14.2. The molecule has 2 N–H and O–H groups in total. The first-order valence-electron chi connectivity index (χ1n) is 6.79. The number of hydrogen-bond acceptors (Lipinski definition) is 3. The smallest absolute Gasteiger partial charge is 0.331 e. The third-order valence-corrected chi connectivity index (χ3v) is 4.37. The molecule has 0 aromatic heterocycles. The monoisotopic (exact) mass is 266 g/mol. The van der Waals surface area contributed by atoms with Crippen LogP contribution in [0.4, 0.5) is 0 Å². The minimum absolute atomic E-state index is 0.0822. The highest BCUT2D eigenvalue weighted by molar-refractivity contribution is 5.86. The highest BCUT2D eigenvalue weighted by atomic mass is 16.6. The van der Waals surface area contributed by atoms with Crippen LogP contribution in [-0.4, -0.2) is 34.0 Å². The number of aliphatic carboxylic acids is 1. The van der Waals surface area contributed by atoms with Gasteiger partial charge in [-0.3, -0.25) is 0 Å². The molecule has 0 spiro atoms. The number of carboxylic acid groups (broad SMARTS) is 1. The van der Waals surface area contributed by atoms with Crippen LogP contribution in [0.5, 0.6) is 0 Å². The van der Waals surface area contributed by atoms with Gasteiger partial charge in [0.1, 0.15) is 6.10 Å². The van der Waals surface area contributed by atoms with E-state index in [2.05, 4.69) is 12.7 Å². The summed E-state index contributed by atoms with van der Waals surface area (Å²) in [6.45, 7) is 7.64. The van der Waals surface area contributed by atoms with E-state index >= 15 is 0 Å². The van der Waals surface area contributed by atoms with Crippen LogP contribution >= 0.6 is 0 Å². The van der Waals surface area contributed by atoms with Crippen molar-refractivity contribution in [1.82, 2.24) is 0 Å². The van der Waals surface area contributed by atoms with Gasteiger partial charge in [-0.05, 0) is 39.5 Å². The molecule has 0 amide bonds. The van der Waals surface area contributed by atoms with Crippen molar-refractivity contribution >= 4 is 5.97 Å².